The van der Waals surface area contributed by atoms with E-state index < -0.39 is 7.12 Å². The molecule has 2 saturated carbocycles. The molecule has 2 unspecified atom stereocenters. The number of nitrogens with one attached hydrogen (secondary N) is 1. The molecule has 4 atom stereocenters. The Morgan fingerprint density at radius 2 is 1.93 bits per heavy atom. The number of aldehydes is 1. The number of carbonyl (C=O) groups is 2. The number of carbonyl (C=O) groups excluding carboxylic acids is 2. The minimum absolute atomic E-state index is 0.0921. The molecule has 6 nitrogen and oxygen atoms in total. The van der Waals surface area contributed by atoms with Crippen molar-refractivity contribution in [2.75, 3.05) is 0 Å². The van der Waals surface area contributed by atoms with Crippen molar-refractivity contribution in [1.82, 2.24) is 5.32 Å². The van der Waals surface area contributed by atoms with Crippen LogP contribution in [0.5, 0.6) is 0 Å². The van der Waals surface area contributed by atoms with Crippen LogP contribution in [0.3, 0.4) is 0 Å². The van der Waals surface area contributed by atoms with E-state index in [4.69, 9.17) is 4.74 Å². The number of fused-ring (bicyclic) bond motifs is 1. The van der Waals surface area contributed by atoms with Crippen LogP contribution in [-0.4, -0.2) is 41.5 Å². The number of rotatable bonds is 7. The Morgan fingerprint density at radius 1 is 1.14 bits per heavy atom. The summed E-state index contributed by atoms with van der Waals surface area (Å²) in [5.41, 5.74) is 1.71. The van der Waals surface area contributed by atoms with E-state index in [-0.39, 0.29) is 29.1 Å². The highest BCUT2D eigenvalue weighted by Crippen LogP contribution is 2.48. The summed E-state index contributed by atoms with van der Waals surface area (Å²) in [4.78, 5) is 23.8. The van der Waals surface area contributed by atoms with E-state index in [1.54, 1.807) is 0 Å². The van der Waals surface area contributed by atoms with E-state index in [1.165, 1.54) is 23.8 Å². The first-order valence-corrected chi connectivity index (χ1v) is 9.97. The molecule has 3 N–H and O–H groups in total. The number of hydrogen-bond acceptors (Lipinski definition) is 5. The summed E-state index contributed by atoms with van der Waals surface area (Å²) in [6.07, 6.45) is 3.66. The topological polar surface area (TPSA) is 95.9 Å². The van der Waals surface area contributed by atoms with Crippen molar-refractivity contribution in [1.29, 1.82) is 0 Å². The SMILES string of the molecule is O=Cc1cc(C(=O)NC2C[C@@H]3CC(OCc4ccccc4)C[C@H]23)ccc1B(O)O. The van der Waals surface area contributed by atoms with Gasteiger partial charge in [0.2, 0.25) is 0 Å². The standard InChI is InChI=1S/C22H24BNO5/c25-12-17-8-15(6-7-20(17)23(27)28)22(26)24-21-10-16-9-18(11-19(16)21)29-13-14-4-2-1-3-5-14/h1-8,12,16,18-19,21,27-28H,9-11,13H2,(H,24,26)/t16-,18?,19-,21?/m0/s1. The van der Waals surface area contributed by atoms with Crippen LogP contribution in [-0.2, 0) is 11.3 Å². The Labute approximate surface area is 170 Å². The van der Waals surface area contributed by atoms with Crippen LogP contribution in [0.4, 0.5) is 0 Å². The third kappa shape index (κ3) is 4.27. The van der Waals surface area contributed by atoms with E-state index in [0.29, 0.717) is 30.3 Å². The van der Waals surface area contributed by atoms with Crippen LogP contribution in [0.2, 0.25) is 0 Å². The largest absolute Gasteiger partial charge is 0.489 e. The molecule has 0 saturated heterocycles. The highest BCUT2D eigenvalue weighted by molar-refractivity contribution is 6.60. The van der Waals surface area contributed by atoms with Gasteiger partial charge in [-0.1, -0.05) is 36.4 Å². The van der Waals surface area contributed by atoms with Gasteiger partial charge >= 0.3 is 7.12 Å². The molecule has 0 spiro atoms. The van der Waals surface area contributed by atoms with Gasteiger partial charge in [0.15, 0.2) is 0 Å². The van der Waals surface area contributed by atoms with Crippen molar-refractivity contribution in [2.24, 2.45) is 11.8 Å². The molecule has 2 aliphatic rings. The van der Waals surface area contributed by atoms with Crippen molar-refractivity contribution >= 4 is 24.8 Å². The summed E-state index contributed by atoms with van der Waals surface area (Å²) < 4.78 is 6.07. The molecule has 0 radical (unpaired) electrons. The third-order valence-corrected chi connectivity index (χ3v) is 6.18. The highest BCUT2D eigenvalue weighted by Gasteiger charge is 2.48. The van der Waals surface area contributed by atoms with Gasteiger partial charge in [-0.3, -0.25) is 9.59 Å². The molecule has 2 aromatic rings. The number of benzene rings is 2. The van der Waals surface area contributed by atoms with Crippen LogP contribution >= 0.6 is 0 Å². The predicted molar refractivity (Wildman–Crippen MR) is 109 cm³/mol. The van der Waals surface area contributed by atoms with Crippen LogP contribution in [0.15, 0.2) is 48.5 Å². The molecule has 1 amide bonds. The molecule has 2 fully saturated rings. The number of ether oxygens (including phenoxy) is 1. The Hall–Kier alpha value is -2.48. The summed E-state index contributed by atoms with van der Waals surface area (Å²) in [6.45, 7) is 0.611. The molecule has 4 rings (SSSR count). The Bertz CT molecular complexity index is 888. The van der Waals surface area contributed by atoms with E-state index in [0.717, 1.165) is 19.3 Å². The summed E-state index contributed by atoms with van der Waals surface area (Å²) >= 11 is 0. The van der Waals surface area contributed by atoms with E-state index in [9.17, 15) is 19.6 Å². The molecule has 7 heteroatoms. The maximum absolute atomic E-state index is 12.6. The Morgan fingerprint density at radius 3 is 2.66 bits per heavy atom. The lowest BCUT2D eigenvalue weighted by Crippen LogP contribution is -2.50. The monoisotopic (exact) mass is 393 g/mol. The van der Waals surface area contributed by atoms with Crippen molar-refractivity contribution in [3.05, 3.63) is 65.2 Å². The maximum Gasteiger partial charge on any atom is 0.489 e. The summed E-state index contributed by atoms with van der Waals surface area (Å²) in [5.74, 6) is 0.756. The molecule has 29 heavy (non-hydrogen) atoms. The van der Waals surface area contributed by atoms with E-state index in [1.807, 2.05) is 18.2 Å². The smallest absolute Gasteiger partial charge is 0.423 e. The lowest BCUT2D eigenvalue weighted by Gasteiger charge is -2.40. The molecule has 150 valence electrons. The van der Waals surface area contributed by atoms with Gasteiger partial charge in [-0.2, -0.15) is 0 Å². The lowest BCUT2D eigenvalue weighted by molar-refractivity contribution is 0.0427. The van der Waals surface area contributed by atoms with Crippen molar-refractivity contribution in [3.63, 3.8) is 0 Å². The molecular weight excluding hydrogens is 369 g/mol. The van der Waals surface area contributed by atoms with Gasteiger partial charge in [0.25, 0.3) is 5.91 Å². The van der Waals surface area contributed by atoms with Gasteiger partial charge in [-0.15, -0.1) is 0 Å². The van der Waals surface area contributed by atoms with Gasteiger partial charge in [-0.05, 0) is 54.3 Å². The van der Waals surface area contributed by atoms with Gasteiger partial charge in [0, 0.05) is 17.2 Å². The number of hydrogen-bond donors (Lipinski definition) is 3. The van der Waals surface area contributed by atoms with Crippen LogP contribution in [0.1, 0.15) is 45.5 Å². The van der Waals surface area contributed by atoms with Gasteiger partial charge in [0.05, 0.1) is 12.7 Å². The fraction of sp³-hybridized carbons (Fsp3) is 0.364. The maximum atomic E-state index is 12.6. The molecular formula is C22H24BNO5. The summed E-state index contributed by atoms with van der Waals surface area (Å²) in [6, 6.07) is 14.5. The molecule has 0 heterocycles. The van der Waals surface area contributed by atoms with E-state index >= 15 is 0 Å². The average Bonchev–Trinajstić information content (AvgIpc) is 3.06. The Balaban J connectivity index is 1.31. The zero-order chi connectivity index (χ0) is 20.4. The molecule has 2 aromatic carbocycles. The summed E-state index contributed by atoms with van der Waals surface area (Å²) in [5, 5.41) is 21.6. The first kappa shape index (κ1) is 19.8. The number of amides is 1. The molecule has 0 aromatic heterocycles. The second-order valence-corrected chi connectivity index (χ2v) is 7.96. The zero-order valence-corrected chi connectivity index (χ0v) is 16.0. The van der Waals surface area contributed by atoms with Crippen molar-refractivity contribution < 1.29 is 24.4 Å². The van der Waals surface area contributed by atoms with Crippen LogP contribution in [0, 0.1) is 11.8 Å². The predicted octanol–water partition coefficient (Wildman–Crippen LogP) is 1.29. The van der Waals surface area contributed by atoms with Gasteiger partial charge in [0.1, 0.15) is 6.29 Å². The second-order valence-electron chi connectivity index (χ2n) is 7.96. The minimum atomic E-state index is -1.74. The fourth-order valence-corrected chi connectivity index (χ4v) is 4.57. The van der Waals surface area contributed by atoms with E-state index in [2.05, 4.69) is 17.4 Å². The minimum Gasteiger partial charge on any atom is -0.423 e. The second kappa shape index (κ2) is 8.49. The Kier molecular flexibility index (Phi) is 5.80. The van der Waals surface area contributed by atoms with Crippen LogP contribution < -0.4 is 10.8 Å². The first-order valence-electron chi connectivity index (χ1n) is 9.97. The fourth-order valence-electron chi connectivity index (χ4n) is 4.57. The zero-order valence-electron chi connectivity index (χ0n) is 16.0. The molecule has 0 aliphatic heterocycles. The molecule has 0 bridgehead atoms. The van der Waals surface area contributed by atoms with Crippen LogP contribution in [0.25, 0.3) is 0 Å². The molecule has 2 aliphatic carbocycles. The first-order chi connectivity index (χ1) is 14.0. The van der Waals surface area contributed by atoms with Gasteiger partial charge < -0.3 is 20.1 Å². The average molecular weight is 393 g/mol. The quantitative estimate of drug-likeness (QED) is 0.487. The lowest BCUT2D eigenvalue weighted by atomic mass is 9.71. The summed E-state index contributed by atoms with van der Waals surface area (Å²) in [7, 11) is -1.74. The van der Waals surface area contributed by atoms with Gasteiger partial charge in [-0.25, -0.2) is 0 Å². The van der Waals surface area contributed by atoms with Crippen molar-refractivity contribution in [3.8, 4) is 0 Å². The highest BCUT2D eigenvalue weighted by atomic mass is 16.5. The third-order valence-electron chi connectivity index (χ3n) is 6.18. The normalized spacial score (nSPS) is 25.0. The van der Waals surface area contributed by atoms with Crippen molar-refractivity contribution in [2.45, 2.75) is 38.0 Å².